The highest BCUT2D eigenvalue weighted by molar-refractivity contribution is 7.14. The second kappa shape index (κ2) is 8.12. The summed E-state index contributed by atoms with van der Waals surface area (Å²) in [6, 6.07) is 9.35. The van der Waals surface area contributed by atoms with Crippen LogP contribution in [0.5, 0.6) is 5.75 Å². The molecule has 0 aliphatic carbocycles. The third-order valence-electron chi connectivity index (χ3n) is 3.61. The van der Waals surface area contributed by atoms with Crippen molar-refractivity contribution >= 4 is 51.0 Å². The Morgan fingerprint density at radius 2 is 1.96 bits per heavy atom. The average molecular weight is 396 g/mol. The summed E-state index contributed by atoms with van der Waals surface area (Å²) in [5.74, 6) is 0.559. The van der Waals surface area contributed by atoms with Crippen molar-refractivity contribution in [3.05, 3.63) is 51.4 Å². The highest BCUT2D eigenvalue weighted by atomic mass is 32.1. The molecule has 2 aromatic heterocycles. The van der Waals surface area contributed by atoms with E-state index >= 15 is 0 Å². The minimum atomic E-state index is -0.152. The quantitative estimate of drug-likeness (QED) is 0.586. The predicted molar refractivity (Wildman–Crippen MR) is 108 cm³/mol. The molecule has 0 unspecified atom stereocenters. The first-order chi connectivity index (χ1) is 13.0. The molecule has 0 spiro atoms. The molecule has 0 saturated heterocycles. The molecule has 8 heteroatoms. The van der Waals surface area contributed by atoms with Gasteiger partial charge in [0.05, 0.1) is 24.1 Å². The van der Waals surface area contributed by atoms with Crippen LogP contribution in [0.3, 0.4) is 0 Å². The van der Waals surface area contributed by atoms with Gasteiger partial charge in [0.1, 0.15) is 16.8 Å². The highest BCUT2D eigenvalue weighted by Gasteiger charge is 2.18. The van der Waals surface area contributed by atoms with E-state index in [1.54, 1.807) is 37.5 Å². The van der Waals surface area contributed by atoms with Gasteiger partial charge in [0, 0.05) is 23.4 Å². The standard InChI is InChI=1S/C19H16N4O2S2/c1-12-10-26-18(21-12)14(9-20)8-15-11-27-19(22-15)23(13(2)24)16-4-6-17(25-3)7-5-16/h4-8,10-11H,1-3H3/b14-8+. The van der Waals surface area contributed by atoms with E-state index in [0.717, 1.165) is 5.69 Å². The van der Waals surface area contributed by atoms with E-state index in [-0.39, 0.29) is 5.91 Å². The first-order valence-electron chi connectivity index (χ1n) is 7.96. The van der Waals surface area contributed by atoms with E-state index in [1.165, 1.54) is 34.5 Å². The van der Waals surface area contributed by atoms with Gasteiger partial charge in [0.25, 0.3) is 0 Å². The topological polar surface area (TPSA) is 79.1 Å². The Morgan fingerprint density at radius 1 is 1.22 bits per heavy atom. The minimum absolute atomic E-state index is 0.152. The number of ether oxygens (including phenoxy) is 1. The van der Waals surface area contributed by atoms with Gasteiger partial charge in [-0.1, -0.05) is 0 Å². The number of nitriles is 1. The van der Waals surface area contributed by atoms with Crippen LogP contribution in [-0.4, -0.2) is 23.0 Å². The van der Waals surface area contributed by atoms with Gasteiger partial charge in [-0.05, 0) is 37.3 Å². The Hall–Kier alpha value is -3.02. The molecule has 27 heavy (non-hydrogen) atoms. The zero-order valence-corrected chi connectivity index (χ0v) is 16.6. The Balaban J connectivity index is 1.93. The maximum absolute atomic E-state index is 12.2. The van der Waals surface area contributed by atoms with Gasteiger partial charge in [-0.3, -0.25) is 9.69 Å². The molecular weight excluding hydrogens is 380 g/mol. The molecule has 0 N–H and O–H groups in total. The smallest absolute Gasteiger partial charge is 0.230 e. The predicted octanol–water partition coefficient (Wildman–Crippen LogP) is 4.67. The molecule has 6 nitrogen and oxygen atoms in total. The summed E-state index contributed by atoms with van der Waals surface area (Å²) in [6.45, 7) is 3.37. The number of hydrogen-bond acceptors (Lipinski definition) is 7. The summed E-state index contributed by atoms with van der Waals surface area (Å²) in [7, 11) is 1.59. The fourth-order valence-electron chi connectivity index (χ4n) is 2.37. The molecule has 0 saturated carbocycles. The maximum atomic E-state index is 12.2. The summed E-state index contributed by atoms with van der Waals surface area (Å²) in [5, 5.41) is 14.3. The Kier molecular flexibility index (Phi) is 5.64. The van der Waals surface area contributed by atoms with Crippen LogP contribution >= 0.6 is 22.7 Å². The lowest BCUT2D eigenvalue weighted by atomic mass is 10.2. The molecule has 0 bridgehead atoms. The fraction of sp³-hybridized carbons (Fsp3) is 0.158. The van der Waals surface area contributed by atoms with Crippen LogP contribution in [-0.2, 0) is 4.79 Å². The van der Waals surface area contributed by atoms with E-state index in [9.17, 15) is 10.1 Å². The number of anilines is 2. The number of rotatable bonds is 5. The number of carbonyl (C=O) groups excluding carboxylic acids is 1. The lowest BCUT2D eigenvalue weighted by molar-refractivity contribution is -0.115. The van der Waals surface area contributed by atoms with E-state index in [2.05, 4.69) is 16.0 Å². The number of nitrogens with zero attached hydrogens (tertiary/aromatic N) is 4. The number of aromatic nitrogens is 2. The number of amides is 1. The van der Waals surface area contributed by atoms with Gasteiger partial charge in [0.15, 0.2) is 5.13 Å². The van der Waals surface area contributed by atoms with E-state index < -0.39 is 0 Å². The normalized spacial score (nSPS) is 11.1. The van der Waals surface area contributed by atoms with Gasteiger partial charge in [-0.2, -0.15) is 5.26 Å². The van der Waals surface area contributed by atoms with Crippen LogP contribution in [0.2, 0.25) is 0 Å². The summed E-state index contributed by atoms with van der Waals surface area (Å²) in [4.78, 5) is 22.6. The van der Waals surface area contributed by atoms with Gasteiger partial charge in [-0.25, -0.2) is 9.97 Å². The van der Waals surface area contributed by atoms with Crippen molar-refractivity contribution in [2.45, 2.75) is 13.8 Å². The summed E-state index contributed by atoms with van der Waals surface area (Å²) in [5.41, 5.74) is 2.63. The molecule has 0 atom stereocenters. The second-order valence-corrected chi connectivity index (χ2v) is 7.27. The summed E-state index contributed by atoms with van der Waals surface area (Å²) >= 11 is 2.75. The number of benzene rings is 1. The van der Waals surface area contributed by atoms with Crippen molar-refractivity contribution in [1.82, 2.24) is 9.97 Å². The maximum Gasteiger partial charge on any atom is 0.230 e. The zero-order valence-electron chi connectivity index (χ0n) is 15.0. The second-order valence-electron chi connectivity index (χ2n) is 5.57. The van der Waals surface area contributed by atoms with E-state index in [4.69, 9.17) is 4.74 Å². The number of hydrogen-bond donors (Lipinski definition) is 0. The van der Waals surface area contributed by atoms with Crippen LogP contribution in [0.4, 0.5) is 10.8 Å². The van der Waals surface area contributed by atoms with Crippen molar-refractivity contribution in [2.75, 3.05) is 12.0 Å². The Morgan fingerprint density at radius 3 is 2.52 bits per heavy atom. The number of allylic oxidation sites excluding steroid dienone is 1. The van der Waals surface area contributed by atoms with Gasteiger partial charge >= 0.3 is 0 Å². The zero-order chi connectivity index (χ0) is 19.4. The van der Waals surface area contributed by atoms with Gasteiger partial charge in [0.2, 0.25) is 5.91 Å². The molecule has 0 fully saturated rings. The lowest BCUT2D eigenvalue weighted by Crippen LogP contribution is -2.22. The molecule has 0 radical (unpaired) electrons. The first kappa shape index (κ1) is 18.8. The molecule has 3 aromatic rings. The molecule has 2 heterocycles. The number of aryl methyl sites for hydroxylation is 1. The largest absolute Gasteiger partial charge is 0.497 e. The van der Waals surface area contributed by atoms with Crippen LogP contribution in [0.25, 0.3) is 11.6 Å². The van der Waals surface area contributed by atoms with E-state index in [0.29, 0.717) is 32.8 Å². The van der Waals surface area contributed by atoms with Crippen molar-refractivity contribution in [3.8, 4) is 11.8 Å². The fourth-order valence-corrected chi connectivity index (χ4v) is 3.98. The Bertz CT molecular complexity index is 1030. The molecule has 1 aromatic carbocycles. The number of thiazole rings is 2. The molecule has 0 aliphatic heterocycles. The van der Waals surface area contributed by atoms with Crippen LogP contribution in [0, 0.1) is 18.3 Å². The SMILES string of the molecule is COc1ccc(N(C(C)=O)c2nc(/C=C(\C#N)c3nc(C)cs3)cs2)cc1. The van der Waals surface area contributed by atoms with Gasteiger partial charge in [-0.15, -0.1) is 22.7 Å². The first-order valence-corrected chi connectivity index (χ1v) is 9.72. The van der Waals surface area contributed by atoms with Crippen LogP contribution in [0.1, 0.15) is 23.3 Å². The molecule has 3 rings (SSSR count). The average Bonchev–Trinajstić information content (AvgIpc) is 3.29. The van der Waals surface area contributed by atoms with E-state index in [1.807, 2.05) is 17.7 Å². The van der Waals surface area contributed by atoms with Crippen molar-refractivity contribution < 1.29 is 9.53 Å². The van der Waals surface area contributed by atoms with Crippen molar-refractivity contribution in [2.24, 2.45) is 0 Å². The molecule has 136 valence electrons. The van der Waals surface area contributed by atoms with Crippen molar-refractivity contribution in [1.29, 1.82) is 5.26 Å². The highest BCUT2D eigenvalue weighted by Crippen LogP contribution is 2.31. The van der Waals surface area contributed by atoms with Crippen molar-refractivity contribution in [3.63, 3.8) is 0 Å². The third-order valence-corrected chi connectivity index (χ3v) is 5.45. The molecule has 0 aliphatic rings. The minimum Gasteiger partial charge on any atom is -0.497 e. The van der Waals surface area contributed by atoms with Gasteiger partial charge < -0.3 is 4.74 Å². The number of carbonyl (C=O) groups is 1. The summed E-state index contributed by atoms with van der Waals surface area (Å²) < 4.78 is 5.16. The van der Waals surface area contributed by atoms with Crippen LogP contribution < -0.4 is 9.64 Å². The molecule has 1 amide bonds. The lowest BCUT2D eigenvalue weighted by Gasteiger charge is -2.18. The third kappa shape index (κ3) is 4.22. The monoisotopic (exact) mass is 396 g/mol. The molecular formula is C19H16N4O2S2. The summed E-state index contributed by atoms with van der Waals surface area (Å²) in [6.07, 6.45) is 1.69. The number of methoxy groups -OCH3 is 1. The van der Waals surface area contributed by atoms with Crippen LogP contribution in [0.15, 0.2) is 35.0 Å². The Labute approximate surface area is 165 Å².